The van der Waals surface area contributed by atoms with Crippen LogP contribution in [-0.4, -0.2) is 22.4 Å². The van der Waals surface area contributed by atoms with Crippen molar-refractivity contribution >= 4 is 0 Å². The largest absolute Gasteiger partial charge is 0.432 e. The van der Waals surface area contributed by atoms with E-state index in [1.165, 1.54) is 13.0 Å². The molecule has 0 aliphatic rings. The number of aryl methyl sites for hydroxylation is 1. The van der Waals surface area contributed by atoms with Gasteiger partial charge in [0.2, 0.25) is 0 Å². The molecule has 1 heterocycles. The van der Waals surface area contributed by atoms with E-state index < -0.39 is 23.6 Å². The first-order valence-electron chi connectivity index (χ1n) is 4.29. The first kappa shape index (κ1) is 13.8. The Hall–Kier alpha value is -1.31. The molecule has 0 bridgehead atoms. The molecule has 1 rings (SSSR count). The fourth-order valence-corrected chi connectivity index (χ4v) is 1.19. The second-order valence-corrected chi connectivity index (χ2v) is 3.42. The molecule has 0 saturated carbocycles. The molecule has 0 radical (unpaired) electrons. The van der Waals surface area contributed by atoms with Crippen molar-refractivity contribution in [1.29, 1.82) is 0 Å². The van der Waals surface area contributed by atoms with Crippen molar-refractivity contribution in [1.82, 2.24) is 4.98 Å². The molecular weight excluding hydrogens is 252 g/mol. The van der Waals surface area contributed by atoms with Gasteiger partial charge in [-0.3, -0.25) is 4.98 Å². The van der Waals surface area contributed by atoms with E-state index >= 15 is 0 Å². The van der Waals surface area contributed by atoms with E-state index in [1.54, 1.807) is 0 Å². The summed E-state index contributed by atoms with van der Waals surface area (Å²) in [6.45, 7) is 1.29. The number of alkyl halides is 6. The van der Waals surface area contributed by atoms with Gasteiger partial charge >= 0.3 is 12.4 Å². The van der Waals surface area contributed by atoms with Crippen LogP contribution in [0.1, 0.15) is 11.3 Å². The molecular formula is C9H7F6NO. The van der Waals surface area contributed by atoms with Crippen LogP contribution >= 0.6 is 0 Å². The minimum Gasteiger partial charge on any atom is -0.368 e. The summed E-state index contributed by atoms with van der Waals surface area (Å²) in [6.07, 6.45) is -11.0. The molecule has 1 aromatic heterocycles. The van der Waals surface area contributed by atoms with Crippen LogP contribution in [0.15, 0.2) is 18.3 Å². The van der Waals surface area contributed by atoms with Crippen LogP contribution < -0.4 is 0 Å². The Labute approximate surface area is 91.9 Å². The summed E-state index contributed by atoms with van der Waals surface area (Å²) in [5, 5.41) is 8.97. The Bertz CT molecular complexity index is 397. The van der Waals surface area contributed by atoms with Crippen molar-refractivity contribution in [2.24, 2.45) is 0 Å². The molecule has 1 aromatic rings. The number of hydrogen-bond acceptors (Lipinski definition) is 2. The summed E-state index contributed by atoms with van der Waals surface area (Å²) >= 11 is 0. The molecule has 2 nitrogen and oxygen atoms in total. The van der Waals surface area contributed by atoms with Crippen molar-refractivity contribution < 1.29 is 31.4 Å². The highest BCUT2D eigenvalue weighted by atomic mass is 19.4. The molecule has 96 valence electrons. The molecule has 0 amide bonds. The van der Waals surface area contributed by atoms with Gasteiger partial charge in [-0.25, -0.2) is 0 Å². The zero-order valence-corrected chi connectivity index (χ0v) is 8.39. The lowest BCUT2D eigenvalue weighted by Gasteiger charge is -2.31. The number of pyridine rings is 1. The summed E-state index contributed by atoms with van der Waals surface area (Å²) < 4.78 is 74.4. The third-order valence-corrected chi connectivity index (χ3v) is 2.11. The highest BCUT2D eigenvalue weighted by molar-refractivity contribution is 5.23. The molecule has 0 saturated heterocycles. The highest BCUT2D eigenvalue weighted by Gasteiger charge is 2.72. The molecule has 8 heteroatoms. The van der Waals surface area contributed by atoms with Gasteiger partial charge in [0, 0.05) is 6.20 Å². The number of aromatic nitrogens is 1. The van der Waals surface area contributed by atoms with Gasteiger partial charge in [-0.1, -0.05) is 0 Å². The van der Waals surface area contributed by atoms with Gasteiger partial charge in [0.15, 0.2) is 0 Å². The van der Waals surface area contributed by atoms with Crippen molar-refractivity contribution in [2.45, 2.75) is 24.9 Å². The maximum Gasteiger partial charge on any atom is 0.432 e. The Morgan fingerprint density at radius 2 is 1.53 bits per heavy atom. The van der Waals surface area contributed by atoms with Gasteiger partial charge in [-0.05, 0) is 24.6 Å². The minimum atomic E-state index is -5.90. The minimum absolute atomic E-state index is 0.127. The number of aliphatic hydroxyl groups is 1. The normalized spacial score (nSPS) is 13.9. The molecule has 1 N–H and O–H groups in total. The van der Waals surface area contributed by atoms with Crippen molar-refractivity contribution in [2.75, 3.05) is 0 Å². The average molecular weight is 259 g/mol. The van der Waals surface area contributed by atoms with Crippen molar-refractivity contribution in [3.63, 3.8) is 0 Å². The van der Waals surface area contributed by atoms with Gasteiger partial charge in [-0.2, -0.15) is 26.3 Å². The lowest BCUT2D eigenvalue weighted by molar-refractivity contribution is -0.377. The Morgan fingerprint density at radius 3 is 1.88 bits per heavy atom. The third-order valence-electron chi connectivity index (χ3n) is 2.11. The predicted molar refractivity (Wildman–Crippen MR) is 45.0 cm³/mol. The highest BCUT2D eigenvalue weighted by Crippen LogP contribution is 2.49. The SMILES string of the molecule is Cc1ccnc(C(O)(C(F)(F)F)C(F)(F)F)c1. The molecule has 0 fully saturated rings. The summed E-state index contributed by atoms with van der Waals surface area (Å²) in [5.74, 6) is 0. The molecule has 0 atom stereocenters. The topological polar surface area (TPSA) is 33.1 Å². The number of halogens is 6. The summed E-state index contributed by atoms with van der Waals surface area (Å²) in [6, 6.07) is 1.76. The number of hydrogen-bond donors (Lipinski definition) is 1. The van der Waals surface area contributed by atoms with Crippen LogP contribution in [-0.2, 0) is 5.60 Å². The van der Waals surface area contributed by atoms with Gasteiger partial charge in [0.05, 0.1) is 5.69 Å². The molecule has 0 aliphatic heterocycles. The molecule has 0 spiro atoms. The van der Waals surface area contributed by atoms with E-state index in [0.29, 0.717) is 6.07 Å². The Balaban J connectivity index is 3.46. The first-order chi connectivity index (χ1) is 7.50. The van der Waals surface area contributed by atoms with Gasteiger partial charge < -0.3 is 5.11 Å². The van der Waals surface area contributed by atoms with Crippen LogP contribution in [0.25, 0.3) is 0 Å². The van der Waals surface area contributed by atoms with Crippen LogP contribution in [0, 0.1) is 6.92 Å². The molecule has 0 unspecified atom stereocenters. The average Bonchev–Trinajstić information content (AvgIpc) is 2.12. The third kappa shape index (κ3) is 2.21. The van der Waals surface area contributed by atoms with E-state index in [9.17, 15) is 26.3 Å². The maximum atomic E-state index is 12.4. The lowest BCUT2D eigenvalue weighted by Crippen LogP contribution is -2.54. The lowest BCUT2D eigenvalue weighted by atomic mass is 9.96. The van der Waals surface area contributed by atoms with Gasteiger partial charge in [0.1, 0.15) is 0 Å². The second-order valence-electron chi connectivity index (χ2n) is 3.42. The quantitative estimate of drug-likeness (QED) is 0.786. The summed E-state index contributed by atoms with van der Waals surface area (Å²) in [5.41, 5.74) is -6.31. The van der Waals surface area contributed by atoms with Crippen LogP contribution in [0.5, 0.6) is 0 Å². The molecule has 17 heavy (non-hydrogen) atoms. The summed E-state index contributed by atoms with van der Waals surface area (Å²) in [7, 11) is 0. The van der Waals surface area contributed by atoms with E-state index in [4.69, 9.17) is 5.11 Å². The van der Waals surface area contributed by atoms with Crippen LogP contribution in [0.2, 0.25) is 0 Å². The maximum absolute atomic E-state index is 12.4. The zero-order chi connectivity index (χ0) is 13.5. The number of rotatable bonds is 1. The molecule has 0 aliphatic carbocycles. The van der Waals surface area contributed by atoms with Gasteiger partial charge in [0.25, 0.3) is 5.60 Å². The standard InChI is InChI=1S/C9H7F6NO/c1-5-2-3-16-6(4-5)7(17,8(10,11)12)9(13,14)15/h2-4,17H,1H3. The first-order valence-corrected chi connectivity index (χ1v) is 4.29. The van der Waals surface area contributed by atoms with Crippen LogP contribution in [0.3, 0.4) is 0 Å². The Morgan fingerprint density at radius 1 is 1.06 bits per heavy atom. The van der Waals surface area contributed by atoms with Gasteiger partial charge in [-0.15, -0.1) is 0 Å². The van der Waals surface area contributed by atoms with E-state index in [1.807, 2.05) is 0 Å². The van der Waals surface area contributed by atoms with Crippen LogP contribution in [0.4, 0.5) is 26.3 Å². The second kappa shape index (κ2) is 3.86. The fourth-order valence-electron chi connectivity index (χ4n) is 1.19. The number of nitrogens with zero attached hydrogens (tertiary/aromatic N) is 1. The summed E-state index contributed by atoms with van der Waals surface area (Å²) in [4.78, 5) is 2.95. The Kier molecular flexibility index (Phi) is 3.13. The zero-order valence-electron chi connectivity index (χ0n) is 8.39. The smallest absolute Gasteiger partial charge is 0.368 e. The monoisotopic (exact) mass is 259 g/mol. The van der Waals surface area contributed by atoms with E-state index in [2.05, 4.69) is 4.98 Å². The van der Waals surface area contributed by atoms with E-state index in [0.717, 1.165) is 6.20 Å². The predicted octanol–water partition coefficient (Wildman–Crippen LogP) is 2.70. The fraction of sp³-hybridized carbons (Fsp3) is 0.444. The molecule has 0 aromatic carbocycles. The van der Waals surface area contributed by atoms with E-state index in [-0.39, 0.29) is 5.56 Å². The van der Waals surface area contributed by atoms with Crippen molar-refractivity contribution in [3.05, 3.63) is 29.6 Å². The van der Waals surface area contributed by atoms with Crippen molar-refractivity contribution in [3.8, 4) is 0 Å².